The lowest BCUT2D eigenvalue weighted by Crippen LogP contribution is -2.60. The van der Waals surface area contributed by atoms with Crippen molar-refractivity contribution in [2.75, 3.05) is 43.5 Å². The SMILES string of the molecule is COc1cc(F)ccc1N1CCN(C(C(=O)C2CCCCC2)C2CCc3cc([N+](=O)[O-])ccc3N2)CC1. The second kappa shape index (κ2) is 11.0. The number of aryl methyl sites for hydroxylation is 1. The number of halogens is 1. The number of hydrogen-bond donors (Lipinski definition) is 1. The molecule has 8 nitrogen and oxygen atoms in total. The van der Waals surface area contributed by atoms with Crippen molar-refractivity contribution in [3.63, 3.8) is 0 Å². The Morgan fingerprint density at radius 1 is 1.08 bits per heavy atom. The van der Waals surface area contributed by atoms with Crippen molar-refractivity contribution < 1.29 is 18.8 Å². The molecule has 2 fully saturated rings. The average molecular weight is 511 g/mol. The van der Waals surface area contributed by atoms with Gasteiger partial charge in [-0.15, -0.1) is 0 Å². The zero-order chi connectivity index (χ0) is 25.9. The Labute approximate surface area is 216 Å². The van der Waals surface area contributed by atoms with Crippen LogP contribution in [0.5, 0.6) is 5.75 Å². The molecule has 0 radical (unpaired) electrons. The number of carbonyl (C=O) groups is 1. The van der Waals surface area contributed by atoms with E-state index in [1.165, 1.54) is 24.6 Å². The number of non-ortho nitro benzene ring substituents is 1. The van der Waals surface area contributed by atoms with Gasteiger partial charge in [0.05, 0.1) is 23.8 Å². The molecule has 5 rings (SSSR count). The summed E-state index contributed by atoms with van der Waals surface area (Å²) in [4.78, 5) is 29.4. The number of fused-ring (bicyclic) bond motifs is 1. The van der Waals surface area contributed by atoms with E-state index < -0.39 is 0 Å². The van der Waals surface area contributed by atoms with Gasteiger partial charge in [-0.25, -0.2) is 4.39 Å². The molecule has 0 amide bonds. The summed E-state index contributed by atoms with van der Waals surface area (Å²) in [7, 11) is 1.55. The standard InChI is InChI=1S/C28H35FN4O4/c1-37-26-18-21(29)8-12-25(26)31-13-15-32(16-14-31)27(28(34)19-5-3-2-4-6-19)24-10-7-20-17-22(33(35)36)9-11-23(20)30-24/h8-9,11-12,17-19,24,27,30H,2-7,10,13-16H2,1H3. The number of methoxy groups -OCH3 is 1. The van der Waals surface area contributed by atoms with Crippen LogP contribution in [0.25, 0.3) is 0 Å². The van der Waals surface area contributed by atoms with Gasteiger partial charge < -0.3 is 15.0 Å². The van der Waals surface area contributed by atoms with Crippen molar-refractivity contribution >= 4 is 22.8 Å². The first-order valence-corrected chi connectivity index (χ1v) is 13.3. The highest BCUT2D eigenvalue weighted by Gasteiger charge is 2.40. The number of hydrogen-bond acceptors (Lipinski definition) is 7. The summed E-state index contributed by atoms with van der Waals surface area (Å²) < 4.78 is 19.1. The second-order valence-corrected chi connectivity index (χ2v) is 10.4. The molecule has 2 aromatic carbocycles. The smallest absolute Gasteiger partial charge is 0.269 e. The van der Waals surface area contributed by atoms with E-state index >= 15 is 0 Å². The normalized spacial score (nSPS) is 21.6. The van der Waals surface area contributed by atoms with Gasteiger partial charge in [0.15, 0.2) is 5.78 Å². The first-order chi connectivity index (χ1) is 17.9. The Hall–Kier alpha value is -3.20. The van der Waals surface area contributed by atoms with Crippen LogP contribution < -0.4 is 15.0 Å². The van der Waals surface area contributed by atoms with Gasteiger partial charge in [-0.2, -0.15) is 0 Å². The molecule has 1 saturated heterocycles. The van der Waals surface area contributed by atoms with Crippen LogP contribution in [0.3, 0.4) is 0 Å². The maximum Gasteiger partial charge on any atom is 0.269 e. The maximum atomic E-state index is 14.0. The fourth-order valence-electron chi connectivity index (χ4n) is 6.28. The van der Waals surface area contributed by atoms with Crippen molar-refractivity contribution in [2.24, 2.45) is 5.92 Å². The van der Waals surface area contributed by atoms with Gasteiger partial charge in [-0.3, -0.25) is 19.8 Å². The van der Waals surface area contributed by atoms with Gasteiger partial charge in [-0.05, 0) is 49.4 Å². The van der Waals surface area contributed by atoms with Crippen molar-refractivity contribution in [3.8, 4) is 5.75 Å². The number of nitrogens with one attached hydrogen (secondary N) is 1. The van der Waals surface area contributed by atoms with Gasteiger partial charge in [-0.1, -0.05) is 19.3 Å². The van der Waals surface area contributed by atoms with E-state index in [0.29, 0.717) is 31.0 Å². The number of rotatable bonds is 7. The molecule has 1 saturated carbocycles. The van der Waals surface area contributed by atoms with Crippen LogP contribution in [0.15, 0.2) is 36.4 Å². The maximum absolute atomic E-state index is 14.0. The molecule has 2 unspecified atom stereocenters. The predicted molar refractivity (Wildman–Crippen MR) is 141 cm³/mol. The minimum Gasteiger partial charge on any atom is -0.494 e. The Bertz CT molecular complexity index is 1140. The van der Waals surface area contributed by atoms with Crippen molar-refractivity contribution in [3.05, 3.63) is 57.9 Å². The molecule has 0 aromatic heterocycles. The molecular weight excluding hydrogens is 475 g/mol. The number of benzene rings is 2. The van der Waals surface area contributed by atoms with Gasteiger partial charge >= 0.3 is 0 Å². The van der Waals surface area contributed by atoms with E-state index in [1.54, 1.807) is 25.3 Å². The lowest BCUT2D eigenvalue weighted by atomic mass is 9.80. The molecule has 9 heteroatoms. The number of anilines is 2. The van der Waals surface area contributed by atoms with Crippen molar-refractivity contribution in [2.45, 2.75) is 57.0 Å². The first-order valence-electron chi connectivity index (χ1n) is 13.3. The largest absolute Gasteiger partial charge is 0.494 e. The number of carbonyl (C=O) groups excluding carboxylic acids is 1. The lowest BCUT2D eigenvalue weighted by Gasteiger charge is -2.45. The number of nitro benzene ring substituents is 1. The summed E-state index contributed by atoms with van der Waals surface area (Å²) in [6, 6.07) is 9.28. The summed E-state index contributed by atoms with van der Waals surface area (Å²) in [6.45, 7) is 2.86. The molecule has 2 atom stereocenters. The first kappa shape index (κ1) is 25.4. The van der Waals surface area contributed by atoms with Gasteiger partial charge in [0.25, 0.3) is 5.69 Å². The second-order valence-electron chi connectivity index (χ2n) is 10.4. The topological polar surface area (TPSA) is 88.0 Å². The summed E-state index contributed by atoms with van der Waals surface area (Å²) in [5, 5.41) is 14.8. The molecule has 0 bridgehead atoms. The van der Waals surface area contributed by atoms with E-state index in [0.717, 1.165) is 62.1 Å². The molecule has 198 valence electrons. The molecule has 3 aliphatic rings. The van der Waals surface area contributed by atoms with Gasteiger partial charge in [0.2, 0.25) is 0 Å². The molecule has 37 heavy (non-hydrogen) atoms. The van der Waals surface area contributed by atoms with Gasteiger partial charge in [0, 0.05) is 62.0 Å². The van der Waals surface area contributed by atoms with E-state index in [-0.39, 0.29) is 34.4 Å². The Morgan fingerprint density at radius 2 is 1.84 bits per heavy atom. The van der Waals surface area contributed by atoms with Crippen molar-refractivity contribution in [1.29, 1.82) is 0 Å². The van der Waals surface area contributed by atoms with Crippen LogP contribution in [-0.4, -0.2) is 61.0 Å². The molecular formula is C28H35FN4O4. The Kier molecular flexibility index (Phi) is 7.60. The summed E-state index contributed by atoms with van der Waals surface area (Å²) >= 11 is 0. The number of nitrogens with zero attached hydrogens (tertiary/aromatic N) is 3. The van der Waals surface area contributed by atoms with Crippen LogP contribution in [0, 0.1) is 21.8 Å². The minimum atomic E-state index is -0.364. The van der Waals surface area contributed by atoms with Crippen molar-refractivity contribution in [1.82, 2.24) is 4.90 Å². The van der Waals surface area contributed by atoms with Gasteiger partial charge in [0.1, 0.15) is 11.6 Å². The van der Waals surface area contributed by atoms with Crippen LogP contribution in [0.2, 0.25) is 0 Å². The highest BCUT2D eigenvalue weighted by atomic mass is 19.1. The molecule has 1 aliphatic carbocycles. The number of ketones is 1. The third kappa shape index (κ3) is 5.42. The monoisotopic (exact) mass is 510 g/mol. The van der Waals surface area contributed by atoms with E-state index in [4.69, 9.17) is 4.74 Å². The fraction of sp³-hybridized carbons (Fsp3) is 0.536. The number of ether oxygens (including phenoxy) is 1. The predicted octanol–water partition coefficient (Wildman–Crippen LogP) is 4.81. The average Bonchev–Trinajstić information content (AvgIpc) is 2.93. The highest BCUT2D eigenvalue weighted by molar-refractivity contribution is 5.88. The molecule has 0 spiro atoms. The summed E-state index contributed by atoms with van der Waals surface area (Å²) in [6.07, 6.45) is 6.77. The minimum absolute atomic E-state index is 0.0460. The highest BCUT2D eigenvalue weighted by Crippen LogP contribution is 2.35. The molecule has 1 N–H and O–H groups in total. The van der Waals surface area contributed by atoms with Crippen LogP contribution in [0.1, 0.15) is 44.1 Å². The third-order valence-corrected chi connectivity index (χ3v) is 8.24. The number of Topliss-reactive ketones (excluding diaryl/α,β-unsaturated/α-hetero) is 1. The van der Waals surface area contributed by atoms with E-state index in [2.05, 4.69) is 15.1 Å². The fourth-order valence-corrected chi connectivity index (χ4v) is 6.28. The lowest BCUT2D eigenvalue weighted by molar-refractivity contribution is -0.384. The Morgan fingerprint density at radius 3 is 2.54 bits per heavy atom. The molecule has 2 aromatic rings. The van der Waals surface area contributed by atoms with Crippen LogP contribution in [-0.2, 0) is 11.2 Å². The quantitative estimate of drug-likeness (QED) is 0.422. The third-order valence-electron chi connectivity index (χ3n) is 8.24. The summed E-state index contributed by atoms with van der Waals surface area (Å²) in [5.74, 6) is 0.610. The molecule has 2 heterocycles. The van der Waals surface area contributed by atoms with Crippen LogP contribution in [0.4, 0.5) is 21.5 Å². The molecule has 2 aliphatic heterocycles. The Balaban J connectivity index is 1.35. The number of piperazine rings is 1. The number of nitro groups is 1. The van der Waals surface area contributed by atoms with Crippen LogP contribution >= 0.6 is 0 Å². The van der Waals surface area contributed by atoms with E-state index in [1.807, 2.05) is 0 Å². The zero-order valence-electron chi connectivity index (χ0n) is 21.3. The summed E-state index contributed by atoms with van der Waals surface area (Å²) in [5.41, 5.74) is 2.78. The zero-order valence-corrected chi connectivity index (χ0v) is 21.3. The van der Waals surface area contributed by atoms with E-state index in [9.17, 15) is 19.3 Å².